The predicted octanol–water partition coefficient (Wildman–Crippen LogP) is 12.2. The summed E-state index contributed by atoms with van der Waals surface area (Å²) in [5, 5.41) is 5.23. The lowest BCUT2D eigenvalue weighted by Crippen LogP contribution is -2.29. The molecule has 0 saturated heterocycles. The zero-order valence-corrected chi connectivity index (χ0v) is 25.9. The lowest BCUT2D eigenvalue weighted by atomic mass is 9.65. The van der Waals surface area contributed by atoms with Crippen LogP contribution in [0.3, 0.4) is 0 Å². The first kappa shape index (κ1) is 25.9. The maximum atomic E-state index is 2.44. The minimum atomic E-state index is -0.498. The molecule has 0 bridgehead atoms. The van der Waals surface area contributed by atoms with Gasteiger partial charge in [0.2, 0.25) is 0 Å². The van der Waals surface area contributed by atoms with Crippen molar-refractivity contribution in [3.8, 4) is 33.4 Å². The lowest BCUT2D eigenvalue weighted by Gasteiger charge is -2.36. The highest BCUT2D eigenvalue weighted by molar-refractivity contribution is 7.99. The van der Waals surface area contributed by atoms with E-state index in [9.17, 15) is 0 Å². The SMILES string of the molecule is c1ccc(C2(c3ccccc3-c3ccc4c(c3)-c3cccc5cccc(c35)S4)c3ccccc3-c3ccc4ccccc4c32)cc1. The smallest absolute Gasteiger partial charge is 0.0725 e. The Balaban J connectivity index is 1.31. The first-order valence-corrected chi connectivity index (χ1v) is 16.8. The quantitative estimate of drug-likeness (QED) is 0.194. The monoisotopic (exact) mass is 600 g/mol. The lowest BCUT2D eigenvalue weighted by molar-refractivity contribution is 0.777. The van der Waals surface area contributed by atoms with E-state index in [0.717, 1.165) is 0 Å². The normalized spacial score (nSPS) is 15.8. The first-order valence-electron chi connectivity index (χ1n) is 15.9. The minimum Gasteiger partial charge on any atom is -0.0888 e. The van der Waals surface area contributed by atoms with Crippen molar-refractivity contribution in [2.24, 2.45) is 0 Å². The summed E-state index contributed by atoms with van der Waals surface area (Å²) in [6, 6.07) is 63.4. The summed E-state index contributed by atoms with van der Waals surface area (Å²) < 4.78 is 0. The van der Waals surface area contributed by atoms with E-state index in [0.29, 0.717) is 0 Å². The Morgan fingerprint density at radius 2 is 1.07 bits per heavy atom. The second kappa shape index (κ2) is 9.81. The highest BCUT2D eigenvalue weighted by atomic mass is 32.2. The van der Waals surface area contributed by atoms with E-state index in [4.69, 9.17) is 0 Å². The van der Waals surface area contributed by atoms with Gasteiger partial charge in [-0.2, -0.15) is 0 Å². The molecule has 0 radical (unpaired) electrons. The van der Waals surface area contributed by atoms with Crippen LogP contribution < -0.4 is 0 Å². The van der Waals surface area contributed by atoms with Gasteiger partial charge in [-0.1, -0.05) is 163 Å². The van der Waals surface area contributed by atoms with Gasteiger partial charge in [0.25, 0.3) is 0 Å². The molecule has 0 saturated carbocycles. The van der Waals surface area contributed by atoms with Crippen molar-refractivity contribution in [1.82, 2.24) is 0 Å². The number of rotatable bonds is 3. The molecule has 0 aromatic heterocycles. The Morgan fingerprint density at radius 3 is 1.93 bits per heavy atom. The average Bonchev–Trinajstić information content (AvgIpc) is 3.44. The summed E-state index contributed by atoms with van der Waals surface area (Å²) >= 11 is 1.89. The maximum absolute atomic E-state index is 2.44. The fraction of sp³-hybridized carbons (Fsp3) is 0.0222. The van der Waals surface area contributed by atoms with Gasteiger partial charge in [0.05, 0.1) is 5.41 Å². The summed E-state index contributed by atoms with van der Waals surface area (Å²) in [5.74, 6) is 0. The largest absolute Gasteiger partial charge is 0.0888 e. The van der Waals surface area contributed by atoms with Crippen LogP contribution in [0.5, 0.6) is 0 Å². The highest BCUT2D eigenvalue weighted by Gasteiger charge is 2.48. The van der Waals surface area contributed by atoms with Crippen LogP contribution in [0.15, 0.2) is 180 Å². The fourth-order valence-corrected chi connectivity index (χ4v) is 9.42. The molecule has 0 fully saturated rings. The number of fused-ring (bicyclic) bond motifs is 7. The molecule has 8 aromatic rings. The molecule has 1 atom stereocenters. The van der Waals surface area contributed by atoms with Crippen LogP contribution in [0.1, 0.15) is 22.3 Å². The third-order valence-electron chi connectivity index (χ3n) is 10.1. The molecule has 214 valence electrons. The van der Waals surface area contributed by atoms with Gasteiger partial charge in [0.1, 0.15) is 0 Å². The summed E-state index contributed by atoms with van der Waals surface area (Å²) in [6.45, 7) is 0. The van der Waals surface area contributed by atoms with E-state index in [2.05, 4.69) is 170 Å². The molecule has 0 N–H and O–H groups in total. The molecule has 0 nitrogen and oxygen atoms in total. The topological polar surface area (TPSA) is 0 Å². The molecular weight excluding hydrogens is 573 g/mol. The molecule has 8 aromatic carbocycles. The van der Waals surface area contributed by atoms with Crippen LogP contribution in [0, 0.1) is 0 Å². The number of benzene rings is 8. The third kappa shape index (κ3) is 3.47. The van der Waals surface area contributed by atoms with Gasteiger partial charge in [-0.25, -0.2) is 0 Å². The molecule has 1 aliphatic carbocycles. The Labute approximate surface area is 273 Å². The molecule has 1 unspecified atom stereocenters. The van der Waals surface area contributed by atoms with Crippen molar-refractivity contribution < 1.29 is 0 Å². The second-order valence-corrected chi connectivity index (χ2v) is 13.5. The van der Waals surface area contributed by atoms with E-state index in [1.54, 1.807) is 0 Å². The Hall–Kier alpha value is -5.37. The summed E-state index contributed by atoms with van der Waals surface area (Å²) in [6.07, 6.45) is 0. The molecule has 1 heterocycles. The van der Waals surface area contributed by atoms with Crippen molar-refractivity contribution in [2.45, 2.75) is 15.2 Å². The van der Waals surface area contributed by atoms with Crippen LogP contribution in [0.4, 0.5) is 0 Å². The van der Waals surface area contributed by atoms with Crippen LogP contribution in [-0.4, -0.2) is 0 Å². The van der Waals surface area contributed by atoms with Crippen molar-refractivity contribution in [3.63, 3.8) is 0 Å². The van der Waals surface area contributed by atoms with Crippen molar-refractivity contribution in [2.75, 3.05) is 0 Å². The van der Waals surface area contributed by atoms with Crippen molar-refractivity contribution in [1.29, 1.82) is 0 Å². The fourth-order valence-electron chi connectivity index (χ4n) is 8.30. The van der Waals surface area contributed by atoms with E-state index in [1.807, 2.05) is 11.8 Å². The second-order valence-electron chi connectivity index (χ2n) is 12.4. The van der Waals surface area contributed by atoms with Gasteiger partial charge in [0.15, 0.2) is 0 Å². The Morgan fingerprint density at radius 1 is 0.391 bits per heavy atom. The van der Waals surface area contributed by atoms with Gasteiger partial charge in [-0.15, -0.1) is 0 Å². The first-order chi connectivity index (χ1) is 22.8. The van der Waals surface area contributed by atoms with Gasteiger partial charge >= 0.3 is 0 Å². The van der Waals surface area contributed by atoms with Gasteiger partial charge < -0.3 is 0 Å². The summed E-state index contributed by atoms with van der Waals surface area (Å²) in [4.78, 5) is 2.65. The highest BCUT2D eigenvalue weighted by Crippen LogP contribution is 2.59. The minimum absolute atomic E-state index is 0.498. The van der Waals surface area contributed by atoms with E-state index >= 15 is 0 Å². The molecule has 0 spiro atoms. The zero-order chi connectivity index (χ0) is 30.2. The molecule has 1 heteroatoms. The maximum Gasteiger partial charge on any atom is 0.0725 e. The number of hydrogen-bond acceptors (Lipinski definition) is 1. The molecule has 0 amide bonds. The van der Waals surface area contributed by atoms with Crippen molar-refractivity contribution >= 4 is 33.3 Å². The van der Waals surface area contributed by atoms with Crippen LogP contribution in [-0.2, 0) is 5.41 Å². The zero-order valence-electron chi connectivity index (χ0n) is 25.1. The van der Waals surface area contributed by atoms with E-state index in [-0.39, 0.29) is 0 Å². The Bertz CT molecular complexity index is 2500. The Kier molecular flexibility index (Phi) is 5.53. The van der Waals surface area contributed by atoms with E-state index in [1.165, 1.54) is 87.0 Å². The standard InChI is InChI=1S/C45H28S/c1-2-15-32(16-3-1)45(40-22-9-7-19-35(40)37-26-24-29-12-4-5-18-34(29)44(37)45)39-21-8-6-17-33(39)31-25-27-41-38(28-31)36-20-10-13-30-14-11-23-42(46-41)43(30)36/h1-28H. The molecule has 1 aliphatic heterocycles. The summed E-state index contributed by atoms with van der Waals surface area (Å²) in [7, 11) is 0. The van der Waals surface area contributed by atoms with Crippen LogP contribution >= 0.6 is 11.8 Å². The number of hydrogen-bond donors (Lipinski definition) is 0. The summed E-state index contributed by atoms with van der Waals surface area (Å²) in [5.41, 5.74) is 12.6. The van der Waals surface area contributed by atoms with Gasteiger partial charge in [-0.3, -0.25) is 0 Å². The molecule has 10 rings (SSSR count). The van der Waals surface area contributed by atoms with Crippen molar-refractivity contribution in [3.05, 3.63) is 192 Å². The molecular formula is C45H28S. The van der Waals surface area contributed by atoms with Crippen LogP contribution in [0.25, 0.3) is 54.9 Å². The molecule has 2 aliphatic rings. The van der Waals surface area contributed by atoms with Crippen LogP contribution in [0.2, 0.25) is 0 Å². The van der Waals surface area contributed by atoms with Gasteiger partial charge in [0, 0.05) is 15.2 Å². The predicted molar refractivity (Wildman–Crippen MR) is 194 cm³/mol. The molecule has 46 heavy (non-hydrogen) atoms. The third-order valence-corrected chi connectivity index (χ3v) is 11.3. The average molecular weight is 601 g/mol. The van der Waals surface area contributed by atoms with Gasteiger partial charge in [-0.05, 0) is 90.0 Å². The van der Waals surface area contributed by atoms with E-state index < -0.39 is 5.41 Å².